The Morgan fingerprint density at radius 1 is 0.960 bits per heavy atom. The van der Waals surface area contributed by atoms with Gasteiger partial charge < -0.3 is 9.80 Å². The molecule has 1 heterocycles. The number of hydrogen-bond donors (Lipinski definition) is 0. The summed E-state index contributed by atoms with van der Waals surface area (Å²) in [5.41, 5.74) is 2.82. The molecule has 0 N–H and O–H groups in total. The summed E-state index contributed by atoms with van der Waals surface area (Å²) in [5.74, 6) is 0.103. The summed E-state index contributed by atoms with van der Waals surface area (Å²) < 4.78 is 0. The maximum Gasteiger partial charge on any atom is 0.253 e. The van der Waals surface area contributed by atoms with Crippen molar-refractivity contribution in [2.75, 3.05) is 26.2 Å². The van der Waals surface area contributed by atoms with Crippen LogP contribution >= 0.6 is 11.6 Å². The van der Waals surface area contributed by atoms with Crippen LogP contribution in [0.5, 0.6) is 0 Å². The van der Waals surface area contributed by atoms with Crippen molar-refractivity contribution in [3.05, 3.63) is 70.2 Å². The average molecular weight is 357 g/mol. The number of piperazine rings is 1. The van der Waals surface area contributed by atoms with Gasteiger partial charge in [-0.2, -0.15) is 0 Å². The molecule has 25 heavy (non-hydrogen) atoms. The molecule has 4 nitrogen and oxygen atoms in total. The van der Waals surface area contributed by atoms with Crippen molar-refractivity contribution in [3.8, 4) is 0 Å². The second-order valence-corrected chi connectivity index (χ2v) is 6.78. The fraction of sp³-hybridized carbons (Fsp3) is 0.300. The van der Waals surface area contributed by atoms with Crippen molar-refractivity contribution in [3.63, 3.8) is 0 Å². The molecular formula is C20H21ClN2O2. The van der Waals surface area contributed by atoms with Gasteiger partial charge in [0.05, 0.1) is 6.42 Å². The summed E-state index contributed by atoms with van der Waals surface area (Å²) >= 11 is 5.86. The summed E-state index contributed by atoms with van der Waals surface area (Å²) in [5, 5.41) is 0.614. The van der Waals surface area contributed by atoms with Gasteiger partial charge >= 0.3 is 0 Å². The molecule has 3 rings (SSSR count). The van der Waals surface area contributed by atoms with Crippen LogP contribution in [0, 0.1) is 6.92 Å². The number of aryl methyl sites for hydroxylation is 1. The maximum absolute atomic E-state index is 12.5. The van der Waals surface area contributed by atoms with E-state index in [4.69, 9.17) is 11.6 Å². The van der Waals surface area contributed by atoms with Gasteiger partial charge in [-0.1, -0.05) is 41.4 Å². The molecular weight excluding hydrogens is 336 g/mol. The van der Waals surface area contributed by atoms with Gasteiger partial charge in [-0.05, 0) is 36.8 Å². The van der Waals surface area contributed by atoms with E-state index < -0.39 is 0 Å². The van der Waals surface area contributed by atoms with E-state index >= 15 is 0 Å². The lowest BCUT2D eigenvalue weighted by atomic mass is 10.1. The van der Waals surface area contributed by atoms with E-state index in [0.29, 0.717) is 43.2 Å². The highest BCUT2D eigenvalue weighted by molar-refractivity contribution is 6.30. The minimum absolute atomic E-state index is 0.0116. The Hall–Kier alpha value is -2.33. The predicted octanol–water partition coefficient (Wildman–Crippen LogP) is 3.18. The van der Waals surface area contributed by atoms with Gasteiger partial charge in [-0.3, -0.25) is 9.59 Å². The number of benzene rings is 2. The second-order valence-electron chi connectivity index (χ2n) is 6.35. The Labute approximate surface area is 153 Å². The number of nitrogens with zero attached hydrogens (tertiary/aromatic N) is 2. The number of carbonyl (C=O) groups excluding carboxylic acids is 2. The zero-order chi connectivity index (χ0) is 17.8. The Morgan fingerprint density at radius 3 is 2.24 bits per heavy atom. The first-order chi connectivity index (χ1) is 12.0. The van der Waals surface area contributed by atoms with Crippen LogP contribution in [-0.2, 0) is 11.2 Å². The fourth-order valence-electron chi connectivity index (χ4n) is 3.04. The van der Waals surface area contributed by atoms with Gasteiger partial charge in [-0.25, -0.2) is 0 Å². The van der Waals surface area contributed by atoms with Crippen LogP contribution < -0.4 is 0 Å². The summed E-state index contributed by atoms with van der Waals surface area (Å²) in [6.45, 7) is 4.28. The van der Waals surface area contributed by atoms with E-state index in [2.05, 4.69) is 0 Å². The molecule has 2 amide bonds. The van der Waals surface area contributed by atoms with Crippen LogP contribution in [0.1, 0.15) is 21.5 Å². The van der Waals surface area contributed by atoms with Gasteiger partial charge in [0.2, 0.25) is 5.91 Å². The van der Waals surface area contributed by atoms with Gasteiger partial charge in [0.1, 0.15) is 0 Å². The second kappa shape index (κ2) is 7.70. The van der Waals surface area contributed by atoms with Crippen molar-refractivity contribution in [2.24, 2.45) is 0 Å². The Bertz CT molecular complexity index is 766. The normalized spacial score (nSPS) is 14.5. The zero-order valence-electron chi connectivity index (χ0n) is 14.2. The van der Waals surface area contributed by atoms with Crippen molar-refractivity contribution in [1.29, 1.82) is 0 Å². The summed E-state index contributed by atoms with van der Waals surface area (Å²) in [6.07, 6.45) is 0.410. The van der Waals surface area contributed by atoms with E-state index in [1.54, 1.807) is 29.2 Å². The molecule has 0 aromatic heterocycles. The van der Waals surface area contributed by atoms with Crippen LogP contribution in [0.3, 0.4) is 0 Å². The van der Waals surface area contributed by atoms with E-state index in [9.17, 15) is 9.59 Å². The van der Waals surface area contributed by atoms with Crippen LogP contribution in [0.25, 0.3) is 0 Å². The molecule has 0 unspecified atom stereocenters. The van der Waals surface area contributed by atoms with E-state index in [1.807, 2.05) is 36.1 Å². The molecule has 0 spiro atoms. The molecule has 2 aromatic carbocycles. The highest BCUT2D eigenvalue weighted by Crippen LogP contribution is 2.14. The Kier molecular flexibility index (Phi) is 5.39. The molecule has 0 saturated carbocycles. The van der Waals surface area contributed by atoms with Crippen molar-refractivity contribution < 1.29 is 9.59 Å². The average Bonchev–Trinajstić information content (AvgIpc) is 2.62. The number of rotatable bonds is 3. The number of hydrogen-bond acceptors (Lipinski definition) is 2. The van der Waals surface area contributed by atoms with Gasteiger partial charge in [0, 0.05) is 36.8 Å². The van der Waals surface area contributed by atoms with Crippen molar-refractivity contribution in [2.45, 2.75) is 13.3 Å². The van der Waals surface area contributed by atoms with Crippen LogP contribution in [0.2, 0.25) is 5.02 Å². The number of halogens is 1. The van der Waals surface area contributed by atoms with Gasteiger partial charge in [0.25, 0.3) is 5.91 Å². The largest absolute Gasteiger partial charge is 0.339 e. The van der Waals surface area contributed by atoms with Crippen LogP contribution in [0.15, 0.2) is 48.5 Å². The quantitative estimate of drug-likeness (QED) is 0.847. The van der Waals surface area contributed by atoms with Crippen LogP contribution in [0.4, 0.5) is 0 Å². The molecule has 1 aliphatic rings. The van der Waals surface area contributed by atoms with Crippen molar-refractivity contribution >= 4 is 23.4 Å². The molecule has 1 fully saturated rings. The smallest absolute Gasteiger partial charge is 0.253 e. The molecule has 0 atom stereocenters. The lowest BCUT2D eigenvalue weighted by Gasteiger charge is -2.35. The topological polar surface area (TPSA) is 40.6 Å². The molecule has 0 radical (unpaired) electrons. The third-order valence-electron chi connectivity index (χ3n) is 4.45. The standard InChI is InChI=1S/C20H21ClN2O2/c1-15-3-2-4-16(13-15)14-19(24)22-9-11-23(12-10-22)20(25)17-5-7-18(21)8-6-17/h2-8,13H,9-12,14H2,1H3. The molecule has 1 saturated heterocycles. The minimum atomic E-state index is -0.0116. The van der Waals surface area contributed by atoms with Gasteiger partial charge in [-0.15, -0.1) is 0 Å². The highest BCUT2D eigenvalue weighted by Gasteiger charge is 2.24. The lowest BCUT2D eigenvalue weighted by Crippen LogP contribution is -2.51. The molecule has 0 bridgehead atoms. The molecule has 130 valence electrons. The van der Waals surface area contributed by atoms with Crippen molar-refractivity contribution in [1.82, 2.24) is 9.80 Å². The number of amides is 2. The SMILES string of the molecule is Cc1cccc(CC(=O)N2CCN(C(=O)c3ccc(Cl)cc3)CC2)c1. The first-order valence-electron chi connectivity index (χ1n) is 8.41. The Morgan fingerprint density at radius 2 is 1.60 bits per heavy atom. The molecule has 5 heteroatoms. The first-order valence-corrected chi connectivity index (χ1v) is 8.79. The fourth-order valence-corrected chi connectivity index (χ4v) is 3.17. The molecule has 1 aliphatic heterocycles. The van der Waals surface area contributed by atoms with E-state index in [0.717, 1.165) is 11.1 Å². The lowest BCUT2D eigenvalue weighted by molar-refractivity contribution is -0.131. The Balaban J connectivity index is 1.55. The molecule has 0 aliphatic carbocycles. The summed E-state index contributed by atoms with van der Waals surface area (Å²) in [4.78, 5) is 28.6. The minimum Gasteiger partial charge on any atom is -0.339 e. The molecule has 2 aromatic rings. The highest BCUT2D eigenvalue weighted by atomic mass is 35.5. The van der Waals surface area contributed by atoms with Crippen LogP contribution in [-0.4, -0.2) is 47.8 Å². The van der Waals surface area contributed by atoms with E-state index in [1.165, 1.54) is 0 Å². The summed E-state index contributed by atoms with van der Waals surface area (Å²) in [6, 6.07) is 14.9. The zero-order valence-corrected chi connectivity index (χ0v) is 15.0. The monoisotopic (exact) mass is 356 g/mol. The first kappa shape index (κ1) is 17.5. The third-order valence-corrected chi connectivity index (χ3v) is 4.70. The predicted molar refractivity (Wildman–Crippen MR) is 98.8 cm³/mol. The third kappa shape index (κ3) is 4.40. The number of carbonyl (C=O) groups is 2. The maximum atomic E-state index is 12.5. The van der Waals surface area contributed by atoms with E-state index in [-0.39, 0.29) is 11.8 Å². The van der Waals surface area contributed by atoms with Gasteiger partial charge in [0.15, 0.2) is 0 Å². The summed E-state index contributed by atoms with van der Waals surface area (Å²) in [7, 11) is 0.